The predicted molar refractivity (Wildman–Crippen MR) is 305 cm³/mol. The second-order valence-electron chi connectivity index (χ2n) is 20.4. The van der Waals surface area contributed by atoms with Crippen LogP contribution in [0.5, 0.6) is 0 Å². The third-order valence-electron chi connectivity index (χ3n) is 13.5. The average molecular weight is 979 g/mol. The van der Waals surface area contributed by atoms with Gasteiger partial charge in [-0.1, -0.05) is 261 Å². The van der Waals surface area contributed by atoms with E-state index in [2.05, 4.69) is 99.0 Å². The summed E-state index contributed by atoms with van der Waals surface area (Å²) >= 11 is 0. The summed E-state index contributed by atoms with van der Waals surface area (Å²) in [6.45, 7) is 6.45. The lowest BCUT2D eigenvalue weighted by atomic mass is 10.0. The molecule has 0 aromatic heterocycles. The molecule has 0 fully saturated rings. The molecule has 3 N–H and O–H groups in total. The van der Waals surface area contributed by atoms with Crippen molar-refractivity contribution in [2.24, 2.45) is 0 Å². The van der Waals surface area contributed by atoms with Crippen LogP contribution in [0, 0.1) is 0 Å². The normalized spacial score (nSPS) is 13.6. The number of amides is 1. The number of carbonyl (C=O) groups excluding carboxylic acids is 2. The molecule has 3 unspecified atom stereocenters. The van der Waals surface area contributed by atoms with Gasteiger partial charge in [-0.15, -0.1) is 0 Å². The fourth-order valence-electron chi connectivity index (χ4n) is 8.93. The minimum Gasteiger partial charge on any atom is -0.462 e. The highest BCUT2D eigenvalue weighted by atomic mass is 16.5. The number of aliphatic hydroxyl groups is 2. The van der Waals surface area contributed by atoms with E-state index in [1.54, 1.807) is 0 Å². The zero-order valence-electron chi connectivity index (χ0n) is 46.4. The van der Waals surface area contributed by atoms with E-state index in [-0.39, 0.29) is 24.9 Å². The lowest BCUT2D eigenvalue weighted by molar-refractivity contribution is -0.151. The first-order chi connectivity index (χ1) is 34.5. The Labute approximate surface area is 434 Å². The van der Waals surface area contributed by atoms with Gasteiger partial charge >= 0.3 is 5.97 Å². The SMILES string of the molecule is CCCCC/C=C\C/C=C\C/C=C\C/C=C\CCCC(=O)OC(CCCCCCCCC/C=C\C/C=C\CCCCC)CC(=O)NC(CO)C(O)CCCCCCCCCCCCCCCCCCC. The van der Waals surface area contributed by atoms with Crippen molar-refractivity contribution in [3.8, 4) is 0 Å². The van der Waals surface area contributed by atoms with Gasteiger partial charge in [0.1, 0.15) is 6.10 Å². The Morgan fingerprint density at radius 3 is 1.13 bits per heavy atom. The number of rotatable bonds is 54. The van der Waals surface area contributed by atoms with Crippen molar-refractivity contribution in [1.29, 1.82) is 0 Å². The van der Waals surface area contributed by atoms with E-state index in [1.165, 1.54) is 167 Å². The summed E-state index contributed by atoms with van der Waals surface area (Å²) in [7, 11) is 0. The van der Waals surface area contributed by atoms with Gasteiger partial charge in [0.15, 0.2) is 0 Å². The van der Waals surface area contributed by atoms with Gasteiger partial charge in [-0.3, -0.25) is 9.59 Å². The summed E-state index contributed by atoms with van der Waals surface area (Å²) in [5.41, 5.74) is 0. The summed E-state index contributed by atoms with van der Waals surface area (Å²) < 4.78 is 5.94. The molecule has 3 atom stereocenters. The number of hydrogen-bond acceptors (Lipinski definition) is 5. The zero-order chi connectivity index (χ0) is 50.9. The maximum atomic E-state index is 13.3. The molecule has 0 bridgehead atoms. The standard InChI is InChI=1S/C64H115NO5/c1-4-7-10-13-16-19-22-25-28-31-34-37-40-43-46-49-52-55-60(70-64(69)57-54-51-48-45-42-39-36-33-30-27-24-21-18-15-12-9-6-3)58-63(68)65-61(59-66)62(67)56-53-50-47-44-41-38-35-32-29-26-23-20-17-14-11-8-5-2/h16,18-19,21,25,27-28,30,36,39,45,48,60-62,66-67H,4-15,17,20,22-24,26,29,31-35,37-38,40-44,46-47,49-59H2,1-3H3,(H,65,68)/b19-16-,21-18-,28-25-,30-27-,39-36-,48-45-. The van der Waals surface area contributed by atoms with Crippen LogP contribution in [0.15, 0.2) is 72.9 Å². The number of allylic oxidation sites excluding steroid dienone is 12. The van der Waals surface area contributed by atoms with Gasteiger partial charge in [0.2, 0.25) is 5.91 Å². The predicted octanol–water partition coefficient (Wildman–Crippen LogP) is 18.9. The molecule has 406 valence electrons. The topological polar surface area (TPSA) is 95.9 Å². The summed E-state index contributed by atoms with van der Waals surface area (Å²) in [5.74, 6) is -0.542. The number of esters is 1. The Hall–Kier alpha value is -2.70. The lowest BCUT2D eigenvalue weighted by Gasteiger charge is -2.24. The molecule has 0 spiro atoms. The van der Waals surface area contributed by atoms with Crippen LogP contribution in [0.3, 0.4) is 0 Å². The van der Waals surface area contributed by atoms with E-state index in [4.69, 9.17) is 4.74 Å². The van der Waals surface area contributed by atoms with Crippen molar-refractivity contribution in [2.75, 3.05) is 6.61 Å². The van der Waals surface area contributed by atoms with Gasteiger partial charge in [-0.25, -0.2) is 0 Å². The molecule has 0 aliphatic heterocycles. The summed E-state index contributed by atoms with van der Waals surface area (Å²) in [6.07, 6.45) is 74.0. The van der Waals surface area contributed by atoms with Crippen LogP contribution in [-0.4, -0.2) is 46.9 Å². The maximum absolute atomic E-state index is 13.3. The summed E-state index contributed by atoms with van der Waals surface area (Å²) in [6, 6.07) is -0.719. The highest BCUT2D eigenvalue weighted by Gasteiger charge is 2.24. The molecule has 6 nitrogen and oxygen atoms in total. The number of hydrogen-bond donors (Lipinski definition) is 3. The minimum atomic E-state index is -0.803. The van der Waals surface area contributed by atoms with Crippen LogP contribution in [0.25, 0.3) is 0 Å². The van der Waals surface area contributed by atoms with Crippen molar-refractivity contribution in [2.45, 2.75) is 315 Å². The van der Waals surface area contributed by atoms with Crippen LogP contribution in [0.1, 0.15) is 297 Å². The molecular formula is C64H115NO5. The Morgan fingerprint density at radius 2 is 0.729 bits per heavy atom. The van der Waals surface area contributed by atoms with Crippen molar-refractivity contribution in [3.63, 3.8) is 0 Å². The number of nitrogens with one attached hydrogen (secondary N) is 1. The first-order valence-corrected chi connectivity index (χ1v) is 30.2. The van der Waals surface area contributed by atoms with Crippen molar-refractivity contribution in [1.82, 2.24) is 5.32 Å². The van der Waals surface area contributed by atoms with E-state index in [1.807, 2.05) is 0 Å². The number of unbranched alkanes of at least 4 members (excludes halogenated alkanes) is 30. The van der Waals surface area contributed by atoms with E-state index < -0.39 is 18.2 Å². The fourth-order valence-corrected chi connectivity index (χ4v) is 8.93. The molecular weight excluding hydrogens is 863 g/mol. The number of ether oxygens (including phenoxy) is 1. The van der Waals surface area contributed by atoms with E-state index in [9.17, 15) is 19.8 Å². The summed E-state index contributed by atoms with van der Waals surface area (Å²) in [5, 5.41) is 23.9. The second kappa shape index (κ2) is 57.2. The van der Waals surface area contributed by atoms with Gasteiger partial charge in [0, 0.05) is 6.42 Å². The fraction of sp³-hybridized carbons (Fsp3) is 0.781. The van der Waals surface area contributed by atoms with Crippen molar-refractivity contribution in [3.05, 3.63) is 72.9 Å². The Kier molecular flexibility index (Phi) is 55.0. The molecule has 0 aromatic rings. The molecule has 0 saturated carbocycles. The van der Waals surface area contributed by atoms with Crippen LogP contribution >= 0.6 is 0 Å². The lowest BCUT2D eigenvalue weighted by Crippen LogP contribution is -2.46. The van der Waals surface area contributed by atoms with Gasteiger partial charge in [-0.05, 0) is 96.3 Å². The molecule has 1 amide bonds. The average Bonchev–Trinajstić information content (AvgIpc) is 3.35. The largest absolute Gasteiger partial charge is 0.462 e. The zero-order valence-corrected chi connectivity index (χ0v) is 46.4. The van der Waals surface area contributed by atoms with Crippen LogP contribution in [0.2, 0.25) is 0 Å². The first-order valence-electron chi connectivity index (χ1n) is 30.2. The van der Waals surface area contributed by atoms with Crippen molar-refractivity contribution < 1.29 is 24.5 Å². The first kappa shape index (κ1) is 67.3. The van der Waals surface area contributed by atoms with E-state index >= 15 is 0 Å². The van der Waals surface area contributed by atoms with Crippen LogP contribution in [0.4, 0.5) is 0 Å². The van der Waals surface area contributed by atoms with E-state index in [0.717, 1.165) is 77.0 Å². The Balaban J connectivity index is 4.64. The van der Waals surface area contributed by atoms with Gasteiger partial charge < -0.3 is 20.3 Å². The maximum Gasteiger partial charge on any atom is 0.306 e. The summed E-state index contributed by atoms with van der Waals surface area (Å²) in [4.78, 5) is 26.3. The van der Waals surface area contributed by atoms with Crippen LogP contribution < -0.4 is 5.32 Å². The molecule has 0 aromatic carbocycles. The molecule has 0 aliphatic carbocycles. The molecule has 0 rings (SSSR count). The smallest absolute Gasteiger partial charge is 0.306 e. The number of carbonyl (C=O) groups is 2. The molecule has 0 heterocycles. The third kappa shape index (κ3) is 51.6. The molecule has 0 aliphatic rings. The van der Waals surface area contributed by atoms with E-state index in [0.29, 0.717) is 25.7 Å². The monoisotopic (exact) mass is 978 g/mol. The Morgan fingerprint density at radius 1 is 0.414 bits per heavy atom. The molecule has 0 saturated heterocycles. The van der Waals surface area contributed by atoms with Gasteiger partial charge in [0.05, 0.1) is 25.2 Å². The highest BCUT2D eigenvalue weighted by molar-refractivity contribution is 5.77. The highest BCUT2D eigenvalue weighted by Crippen LogP contribution is 2.18. The van der Waals surface area contributed by atoms with Gasteiger partial charge in [0.25, 0.3) is 0 Å². The second-order valence-corrected chi connectivity index (χ2v) is 20.4. The molecule has 70 heavy (non-hydrogen) atoms. The minimum absolute atomic E-state index is 0.0490. The number of aliphatic hydroxyl groups excluding tert-OH is 2. The van der Waals surface area contributed by atoms with Gasteiger partial charge in [-0.2, -0.15) is 0 Å². The third-order valence-corrected chi connectivity index (χ3v) is 13.5. The van der Waals surface area contributed by atoms with Crippen LogP contribution in [-0.2, 0) is 14.3 Å². The Bertz CT molecular complexity index is 1280. The molecule has 0 radical (unpaired) electrons. The quantitative estimate of drug-likeness (QED) is 0.0321. The van der Waals surface area contributed by atoms with Crippen molar-refractivity contribution >= 4 is 11.9 Å². The molecule has 6 heteroatoms.